The van der Waals surface area contributed by atoms with Gasteiger partial charge in [-0.05, 0) is 46.6 Å². The van der Waals surface area contributed by atoms with Crippen LogP contribution < -0.4 is 5.32 Å². The second-order valence-electron chi connectivity index (χ2n) is 5.87. The summed E-state index contributed by atoms with van der Waals surface area (Å²) in [5, 5.41) is 3.57. The van der Waals surface area contributed by atoms with Gasteiger partial charge in [0.05, 0.1) is 0 Å². The van der Waals surface area contributed by atoms with Crippen molar-refractivity contribution in [2.75, 3.05) is 19.6 Å². The van der Waals surface area contributed by atoms with Crippen molar-refractivity contribution in [1.82, 2.24) is 10.2 Å². The van der Waals surface area contributed by atoms with Crippen molar-refractivity contribution >= 4 is 0 Å². The maximum atomic E-state index is 3.57. The number of nitrogens with one attached hydrogen (secondary N) is 1. The monoisotopic (exact) mass is 198 g/mol. The Kier molecular flexibility index (Phi) is 3.96. The Morgan fingerprint density at radius 3 is 2.50 bits per heavy atom. The summed E-state index contributed by atoms with van der Waals surface area (Å²) in [7, 11) is 0. The zero-order chi connectivity index (χ0) is 10.8. The molecule has 1 heterocycles. The second kappa shape index (κ2) is 4.63. The van der Waals surface area contributed by atoms with Crippen molar-refractivity contribution in [3.8, 4) is 0 Å². The fraction of sp³-hybridized carbons (Fsp3) is 1.00. The Morgan fingerprint density at radius 2 is 2.07 bits per heavy atom. The van der Waals surface area contributed by atoms with Crippen LogP contribution in [0.15, 0.2) is 0 Å². The molecule has 84 valence electrons. The first kappa shape index (κ1) is 12.0. The molecule has 1 N–H and O–H groups in total. The minimum atomic E-state index is 0.250. The zero-order valence-corrected chi connectivity index (χ0v) is 10.4. The van der Waals surface area contributed by atoms with Crippen LogP contribution in [0.3, 0.4) is 0 Å². The van der Waals surface area contributed by atoms with Crippen molar-refractivity contribution in [2.45, 2.75) is 52.6 Å². The molecule has 2 atom stereocenters. The third kappa shape index (κ3) is 3.97. The summed E-state index contributed by atoms with van der Waals surface area (Å²) in [5.41, 5.74) is 0.250. The standard InChI is InChI=1S/C12H26N2/c1-10-6-7-14(9-10)11(2)8-13-12(3,4)5/h10-11,13H,6-9H2,1-5H3. The SMILES string of the molecule is CC1CCN(C(C)CNC(C)(C)C)C1. The third-order valence-electron chi connectivity index (χ3n) is 3.01. The van der Waals surface area contributed by atoms with Crippen molar-refractivity contribution in [1.29, 1.82) is 0 Å². The molecule has 0 aromatic rings. The topological polar surface area (TPSA) is 15.3 Å². The van der Waals surface area contributed by atoms with Crippen LogP contribution in [0.4, 0.5) is 0 Å². The molecule has 1 fully saturated rings. The summed E-state index contributed by atoms with van der Waals surface area (Å²) in [6, 6.07) is 0.680. The predicted octanol–water partition coefficient (Wildman–Crippen LogP) is 2.10. The molecule has 1 aliphatic rings. The van der Waals surface area contributed by atoms with E-state index in [2.05, 4.69) is 44.8 Å². The van der Waals surface area contributed by atoms with Crippen molar-refractivity contribution in [3.05, 3.63) is 0 Å². The van der Waals surface area contributed by atoms with Gasteiger partial charge >= 0.3 is 0 Å². The fourth-order valence-corrected chi connectivity index (χ4v) is 1.95. The lowest BCUT2D eigenvalue weighted by Crippen LogP contribution is -2.45. The summed E-state index contributed by atoms with van der Waals surface area (Å²) in [6.45, 7) is 15.0. The molecule has 0 bridgehead atoms. The van der Waals surface area contributed by atoms with E-state index < -0.39 is 0 Å². The van der Waals surface area contributed by atoms with Gasteiger partial charge in [0, 0.05) is 24.7 Å². The Hall–Kier alpha value is -0.0800. The van der Waals surface area contributed by atoms with Crippen LogP contribution in [0.25, 0.3) is 0 Å². The zero-order valence-electron chi connectivity index (χ0n) is 10.4. The molecule has 0 radical (unpaired) electrons. The molecule has 0 aromatic heterocycles. The van der Waals surface area contributed by atoms with E-state index in [1.165, 1.54) is 19.5 Å². The number of likely N-dealkylation sites (tertiary alicyclic amines) is 1. The fourth-order valence-electron chi connectivity index (χ4n) is 1.95. The van der Waals surface area contributed by atoms with Crippen LogP contribution in [0.2, 0.25) is 0 Å². The summed E-state index contributed by atoms with van der Waals surface area (Å²) in [4.78, 5) is 2.60. The van der Waals surface area contributed by atoms with E-state index in [1.54, 1.807) is 0 Å². The van der Waals surface area contributed by atoms with Crippen molar-refractivity contribution < 1.29 is 0 Å². The van der Waals surface area contributed by atoms with E-state index in [9.17, 15) is 0 Å². The third-order valence-corrected chi connectivity index (χ3v) is 3.01. The van der Waals surface area contributed by atoms with Crippen LogP contribution in [-0.4, -0.2) is 36.1 Å². The molecular formula is C12H26N2. The Bertz CT molecular complexity index is 172. The van der Waals surface area contributed by atoms with Gasteiger partial charge < -0.3 is 5.32 Å². The van der Waals surface area contributed by atoms with Gasteiger partial charge in [-0.25, -0.2) is 0 Å². The highest BCUT2D eigenvalue weighted by molar-refractivity contribution is 4.80. The first-order chi connectivity index (χ1) is 6.38. The van der Waals surface area contributed by atoms with Gasteiger partial charge in [-0.2, -0.15) is 0 Å². The van der Waals surface area contributed by atoms with E-state index in [0.29, 0.717) is 6.04 Å². The Labute approximate surface area is 89.1 Å². The minimum Gasteiger partial charge on any atom is -0.311 e. The average Bonchev–Trinajstić information content (AvgIpc) is 2.46. The lowest BCUT2D eigenvalue weighted by Gasteiger charge is -2.29. The molecular weight excluding hydrogens is 172 g/mol. The van der Waals surface area contributed by atoms with Gasteiger partial charge in [-0.3, -0.25) is 4.90 Å². The lowest BCUT2D eigenvalue weighted by molar-refractivity contribution is 0.230. The maximum Gasteiger partial charge on any atom is 0.0192 e. The van der Waals surface area contributed by atoms with Crippen LogP contribution in [0, 0.1) is 5.92 Å². The van der Waals surface area contributed by atoms with Crippen LogP contribution >= 0.6 is 0 Å². The summed E-state index contributed by atoms with van der Waals surface area (Å²) in [6.07, 6.45) is 1.37. The Balaban J connectivity index is 2.25. The van der Waals surface area contributed by atoms with Crippen molar-refractivity contribution in [3.63, 3.8) is 0 Å². The largest absolute Gasteiger partial charge is 0.311 e. The summed E-state index contributed by atoms with van der Waals surface area (Å²) in [5.74, 6) is 0.895. The predicted molar refractivity (Wildman–Crippen MR) is 62.6 cm³/mol. The van der Waals surface area contributed by atoms with Gasteiger partial charge in [0.15, 0.2) is 0 Å². The van der Waals surface area contributed by atoms with Gasteiger partial charge in [-0.1, -0.05) is 6.92 Å². The van der Waals surface area contributed by atoms with Crippen LogP contribution in [-0.2, 0) is 0 Å². The number of rotatable bonds is 3. The van der Waals surface area contributed by atoms with Crippen molar-refractivity contribution in [2.24, 2.45) is 5.92 Å². The van der Waals surface area contributed by atoms with Gasteiger partial charge in [-0.15, -0.1) is 0 Å². The minimum absolute atomic E-state index is 0.250. The molecule has 0 spiro atoms. The van der Waals surface area contributed by atoms with Crippen LogP contribution in [0.1, 0.15) is 41.0 Å². The molecule has 1 aliphatic heterocycles. The quantitative estimate of drug-likeness (QED) is 0.747. The van der Waals surface area contributed by atoms with Gasteiger partial charge in [0.25, 0.3) is 0 Å². The lowest BCUT2D eigenvalue weighted by atomic mass is 10.1. The molecule has 1 rings (SSSR count). The molecule has 2 nitrogen and oxygen atoms in total. The van der Waals surface area contributed by atoms with E-state index in [-0.39, 0.29) is 5.54 Å². The average molecular weight is 198 g/mol. The number of hydrogen-bond donors (Lipinski definition) is 1. The van der Waals surface area contributed by atoms with Crippen LogP contribution in [0.5, 0.6) is 0 Å². The van der Waals surface area contributed by atoms with E-state index >= 15 is 0 Å². The number of nitrogens with zero attached hydrogens (tertiary/aromatic N) is 1. The summed E-state index contributed by atoms with van der Waals surface area (Å²) < 4.78 is 0. The molecule has 14 heavy (non-hydrogen) atoms. The molecule has 0 aliphatic carbocycles. The van der Waals surface area contributed by atoms with Gasteiger partial charge in [0.2, 0.25) is 0 Å². The molecule has 2 unspecified atom stereocenters. The molecule has 1 saturated heterocycles. The van der Waals surface area contributed by atoms with E-state index in [1.807, 2.05) is 0 Å². The first-order valence-electron chi connectivity index (χ1n) is 5.87. The normalized spacial score (nSPS) is 26.8. The highest BCUT2D eigenvalue weighted by atomic mass is 15.2. The molecule has 0 amide bonds. The van der Waals surface area contributed by atoms with E-state index in [0.717, 1.165) is 12.5 Å². The second-order valence-corrected chi connectivity index (χ2v) is 5.87. The maximum absolute atomic E-state index is 3.57. The highest BCUT2D eigenvalue weighted by Crippen LogP contribution is 2.17. The number of hydrogen-bond acceptors (Lipinski definition) is 2. The van der Waals surface area contributed by atoms with Gasteiger partial charge in [0.1, 0.15) is 0 Å². The molecule has 0 aromatic carbocycles. The highest BCUT2D eigenvalue weighted by Gasteiger charge is 2.23. The smallest absolute Gasteiger partial charge is 0.0192 e. The molecule has 0 saturated carbocycles. The summed E-state index contributed by atoms with van der Waals surface area (Å²) >= 11 is 0. The Morgan fingerprint density at radius 1 is 1.43 bits per heavy atom. The molecule has 2 heteroatoms. The first-order valence-corrected chi connectivity index (χ1v) is 5.87. The van der Waals surface area contributed by atoms with E-state index in [4.69, 9.17) is 0 Å².